The third-order valence-corrected chi connectivity index (χ3v) is 5.03. The van der Waals surface area contributed by atoms with Gasteiger partial charge in [0, 0.05) is 34.9 Å². The van der Waals surface area contributed by atoms with Crippen LogP contribution in [-0.2, 0) is 0 Å². The number of rotatable bonds is 5. The zero-order chi connectivity index (χ0) is 17.1. The summed E-state index contributed by atoms with van der Waals surface area (Å²) in [5, 5.41) is 8.26. The molecule has 0 aliphatic heterocycles. The van der Waals surface area contributed by atoms with Crippen LogP contribution in [0.4, 0.5) is 5.82 Å². The molecule has 0 amide bonds. The standard InChI is InChI=1S/C17H15BrN4OS/c1-10(11-2-4-14-15(8-11)24-17(23)22-14)13(19)6-7-20-16-5-3-12(18)9-21-16/h2-5,7-10,19H,6H2,1H3,(H,22,23). The van der Waals surface area contributed by atoms with E-state index in [1.54, 1.807) is 12.4 Å². The van der Waals surface area contributed by atoms with Crippen molar-refractivity contribution in [3.8, 4) is 0 Å². The van der Waals surface area contributed by atoms with E-state index in [-0.39, 0.29) is 10.8 Å². The van der Waals surface area contributed by atoms with E-state index in [1.165, 1.54) is 11.3 Å². The first-order chi connectivity index (χ1) is 11.5. The van der Waals surface area contributed by atoms with Crippen molar-refractivity contribution in [3.63, 3.8) is 0 Å². The predicted octanol–water partition coefficient (Wildman–Crippen LogP) is 4.66. The van der Waals surface area contributed by atoms with Crippen LogP contribution in [0.25, 0.3) is 10.2 Å². The molecule has 122 valence electrons. The average Bonchev–Trinajstić information content (AvgIpc) is 2.95. The molecule has 0 fully saturated rings. The van der Waals surface area contributed by atoms with Crippen molar-refractivity contribution in [2.75, 3.05) is 0 Å². The van der Waals surface area contributed by atoms with Crippen LogP contribution in [0.5, 0.6) is 0 Å². The van der Waals surface area contributed by atoms with Gasteiger partial charge in [-0.2, -0.15) is 0 Å². The first-order valence-corrected chi connectivity index (χ1v) is 8.98. The van der Waals surface area contributed by atoms with Gasteiger partial charge >= 0.3 is 4.87 Å². The number of pyridine rings is 1. The highest BCUT2D eigenvalue weighted by molar-refractivity contribution is 9.10. The molecule has 5 nitrogen and oxygen atoms in total. The Morgan fingerprint density at radius 2 is 2.29 bits per heavy atom. The second kappa shape index (κ2) is 7.19. The Hall–Kier alpha value is -2.12. The molecule has 0 aliphatic carbocycles. The molecule has 0 spiro atoms. The summed E-state index contributed by atoms with van der Waals surface area (Å²) >= 11 is 4.52. The SMILES string of the molecule is CC(C(=N)CC=Nc1ccc(Br)cn1)c1ccc2[nH]c(=O)sc2c1. The number of nitrogens with zero attached hydrogens (tertiary/aromatic N) is 2. The summed E-state index contributed by atoms with van der Waals surface area (Å²) < 4.78 is 1.83. The van der Waals surface area contributed by atoms with Gasteiger partial charge in [-0.25, -0.2) is 9.98 Å². The zero-order valence-corrected chi connectivity index (χ0v) is 15.3. The maximum Gasteiger partial charge on any atom is 0.305 e. The van der Waals surface area contributed by atoms with Crippen LogP contribution >= 0.6 is 27.3 Å². The van der Waals surface area contributed by atoms with Crippen molar-refractivity contribution in [1.82, 2.24) is 9.97 Å². The molecule has 0 saturated heterocycles. The normalized spacial score (nSPS) is 12.8. The fourth-order valence-electron chi connectivity index (χ4n) is 2.29. The Bertz CT molecular complexity index is 959. The lowest BCUT2D eigenvalue weighted by molar-refractivity contribution is 0.993. The smallest absolute Gasteiger partial charge is 0.305 e. The van der Waals surface area contributed by atoms with E-state index in [2.05, 4.69) is 30.9 Å². The van der Waals surface area contributed by atoms with Crippen molar-refractivity contribution in [2.45, 2.75) is 19.3 Å². The van der Waals surface area contributed by atoms with Gasteiger partial charge in [0.25, 0.3) is 0 Å². The molecule has 7 heteroatoms. The lowest BCUT2D eigenvalue weighted by Crippen LogP contribution is -2.08. The largest absolute Gasteiger partial charge is 0.312 e. The van der Waals surface area contributed by atoms with E-state index >= 15 is 0 Å². The van der Waals surface area contributed by atoms with Crippen LogP contribution in [0, 0.1) is 5.41 Å². The van der Waals surface area contributed by atoms with E-state index in [1.807, 2.05) is 37.3 Å². The Kier molecular flexibility index (Phi) is 5.01. The van der Waals surface area contributed by atoms with Crippen LogP contribution in [0.1, 0.15) is 24.8 Å². The fraction of sp³-hybridized carbons (Fsp3) is 0.176. The first kappa shape index (κ1) is 16.7. The Balaban J connectivity index is 1.68. The first-order valence-electron chi connectivity index (χ1n) is 7.37. The molecule has 1 atom stereocenters. The van der Waals surface area contributed by atoms with Gasteiger partial charge in [0.05, 0.1) is 10.2 Å². The number of aromatic amines is 1. The Morgan fingerprint density at radius 1 is 1.46 bits per heavy atom. The number of hydrogen-bond acceptors (Lipinski definition) is 5. The molecule has 2 N–H and O–H groups in total. The monoisotopic (exact) mass is 402 g/mol. The van der Waals surface area contributed by atoms with Crippen molar-refractivity contribution in [3.05, 3.63) is 56.2 Å². The van der Waals surface area contributed by atoms with Gasteiger partial charge < -0.3 is 10.4 Å². The number of benzene rings is 1. The van der Waals surface area contributed by atoms with Gasteiger partial charge in [0.15, 0.2) is 5.82 Å². The molecule has 2 aromatic heterocycles. The number of H-pyrrole nitrogens is 1. The van der Waals surface area contributed by atoms with Gasteiger partial charge in [-0.05, 0) is 45.8 Å². The molecule has 3 rings (SSSR count). The fourth-order valence-corrected chi connectivity index (χ4v) is 3.31. The average molecular weight is 403 g/mol. The third-order valence-electron chi connectivity index (χ3n) is 3.71. The van der Waals surface area contributed by atoms with E-state index in [9.17, 15) is 4.79 Å². The lowest BCUT2D eigenvalue weighted by Gasteiger charge is -2.12. The molecule has 0 aliphatic rings. The van der Waals surface area contributed by atoms with Crippen LogP contribution < -0.4 is 4.87 Å². The van der Waals surface area contributed by atoms with Gasteiger partial charge in [-0.3, -0.25) is 4.79 Å². The molecule has 0 saturated carbocycles. The number of aliphatic imine (C=N–C) groups is 1. The van der Waals surface area contributed by atoms with Crippen LogP contribution in [-0.4, -0.2) is 21.9 Å². The summed E-state index contributed by atoms with van der Waals surface area (Å²) in [6.45, 7) is 1.99. The highest BCUT2D eigenvalue weighted by Gasteiger charge is 2.12. The van der Waals surface area contributed by atoms with Crippen LogP contribution in [0.3, 0.4) is 0 Å². The molecular weight excluding hydrogens is 388 g/mol. The van der Waals surface area contributed by atoms with Crippen molar-refractivity contribution < 1.29 is 0 Å². The number of halogens is 1. The molecule has 0 radical (unpaired) electrons. The molecule has 24 heavy (non-hydrogen) atoms. The van der Waals surface area contributed by atoms with Gasteiger partial charge in [0.1, 0.15) is 0 Å². The van der Waals surface area contributed by atoms with Gasteiger partial charge in [0.2, 0.25) is 0 Å². The summed E-state index contributed by atoms with van der Waals surface area (Å²) in [7, 11) is 0. The van der Waals surface area contributed by atoms with E-state index in [0.717, 1.165) is 20.3 Å². The molecule has 2 heterocycles. The minimum absolute atomic E-state index is 0.0315. The summed E-state index contributed by atoms with van der Waals surface area (Å²) in [6.07, 6.45) is 3.86. The van der Waals surface area contributed by atoms with E-state index in [0.29, 0.717) is 18.0 Å². The molecule has 1 unspecified atom stereocenters. The third kappa shape index (κ3) is 3.85. The highest BCUT2D eigenvalue weighted by atomic mass is 79.9. The lowest BCUT2D eigenvalue weighted by atomic mass is 9.94. The van der Waals surface area contributed by atoms with Crippen LogP contribution in [0.15, 0.2) is 50.8 Å². The van der Waals surface area contributed by atoms with Gasteiger partial charge in [-0.1, -0.05) is 24.3 Å². The second-order valence-electron chi connectivity index (χ2n) is 5.37. The summed E-state index contributed by atoms with van der Waals surface area (Å²) in [5.41, 5.74) is 2.44. The number of hydrogen-bond donors (Lipinski definition) is 2. The summed E-state index contributed by atoms with van der Waals surface area (Å²) in [6, 6.07) is 9.52. The number of nitrogens with one attached hydrogen (secondary N) is 2. The van der Waals surface area contributed by atoms with Crippen LogP contribution in [0.2, 0.25) is 0 Å². The Morgan fingerprint density at radius 3 is 3.04 bits per heavy atom. The van der Waals surface area contributed by atoms with Crippen molar-refractivity contribution in [1.29, 1.82) is 5.41 Å². The maximum absolute atomic E-state index is 11.4. The molecule has 3 aromatic rings. The van der Waals surface area contributed by atoms with Gasteiger partial charge in [-0.15, -0.1) is 0 Å². The molecular formula is C17H15BrN4OS. The van der Waals surface area contributed by atoms with Crippen molar-refractivity contribution in [2.24, 2.45) is 4.99 Å². The van der Waals surface area contributed by atoms with E-state index < -0.39 is 0 Å². The minimum Gasteiger partial charge on any atom is -0.312 e. The Labute approximate surface area is 151 Å². The topological polar surface area (TPSA) is 82.0 Å². The highest BCUT2D eigenvalue weighted by Crippen LogP contribution is 2.23. The molecule has 1 aromatic carbocycles. The zero-order valence-electron chi connectivity index (χ0n) is 12.9. The molecule has 0 bridgehead atoms. The van der Waals surface area contributed by atoms with Crippen molar-refractivity contribution >= 4 is 55.2 Å². The number of thiazole rings is 1. The quantitative estimate of drug-likeness (QED) is 0.608. The van der Waals surface area contributed by atoms with E-state index in [4.69, 9.17) is 5.41 Å². The predicted molar refractivity (Wildman–Crippen MR) is 103 cm³/mol. The second-order valence-corrected chi connectivity index (χ2v) is 7.30. The summed E-state index contributed by atoms with van der Waals surface area (Å²) in [4.78, 5) is 22.6. The maximum atomic E-state index is 11.4. The number of fused-ring (bicyclic) bond motifs is 1. The summed E-state index contributed by atoms with van der Waals surface area (Å²) in [5.74, 6) is 0.591. The minimum atomic E-state index is -0.0565. The number of aromatic nitrogens is 2.